The van der Waals surface area contributed by atoms with Gasteiger partial charge in [0, 0.05) is 55.5 Å². The largest absolute Gasteiger partial charge is 0.446 e. The van der Waals surface area contributed by atoms with E-state index in [1.54, 1.807) is 11.1 Å². The van der Waals surface area contributed by atoms with Gasteiger partial charge in [0.15, 0.2) is 0 Å². The number of amides is 2. The molecule has 1 saturated carbocycles. The molecule has 2 aromatic heterocycles. The van der Waals surface area contributed by atoms with E-state index in [1.165, 1.54) is 17.5 Å². The lowest BCUT2D eigenvalue weighted by Gasteiger charge is -2.43. The summed E-state index contributed by atoms with van der Waals surface area (Å²) >= 11 is 6.46. The van der Waals surface area contributed by atoms with Crippen LogP contribution in [0.2, 0.25) is 5.02 Å². The Bertz CT molecular complexity index is 1750. The second-order valence-electron chi connectivity index (χ2n) is 12.9. The topological polar surface area (TPSA) is 92.6 Å². The summed E-state index contributed by atoms with van der Waals surface area (Å²) in [4.78, 5) is 41.1. The molecule has 2 aliphatic carbocycles. The molecule has 1 N–H and O–H groups in total. The molecule has 2 amide bonds. The van der Waals surface area contributed by atoms with Crippen LogP contribution in [0, 0.1) is 6.92 Å². The second-order valence-corrected chi connectivity index (χ2v) is 13.4. The zero-order valence-electron chi connectivity index (χ0n) is 26.8. The van der Waals surface area contributed by atoms with E-state index in [4.69, 9.17) is 21.3 Å². The number of imidazole rings is 1. The van der Waals surface area contributed by atoms with Crippen molar-refractivity contribution in [2.75, 3.05) is 25.0 Å². The number of hydrogen-bond acceptors (Lipinski definition) is 6. The maximum atomic E-state index is 14.3. The van der Waals surface area contributed by atoms with Crippen LogP contribution in [0.25, 0.3) is 0 Å². The lowest BCUT2D eigenvalue weighted by Crippen LogP contribution is -2.60. The number of halogens is 1. The summed E-state index contributed by atoms with van der Waals surface area (Å²) in [6.45, 7) is 3.89. The van der Waals surface area contributed by atoms with Gasteiger partial charge in [0.2, 0.25) is 5.91 Å². The van der Waals surface area contributed by atoms with Crippen LogP contribution in [0.15, 0.2) is 73.2 Å². The molecule has 0 radical (unpaired) electrons. The number of nitrogens with one attached hydrogen (secondary N) is 1. The zero-order valence-corrected chi connectivity index (χ0v) is 27.5. The van der Waals surface area contributed by atoms with Crippen molar-refractivity contribution < 1.29 is 14.3 Å². The second kappa shape index (κ2) is 13.9. The molecular formula is C37H41ClN6O3. The van der Waals surface area contributed by atoms with Gasteiger partial charge in [-0.2, -0.15) is 0 Å². The fourth-order valence-electron chi connectivity index (χ4n) is 7.37. The van der Waals surface area contributed by atoms with Crippen molar-refractivity contribution in [1.82, 2.24) is 24.3 Å². The van der Waals surface area contributed by atoms with Crippen LogP contribution in [0.4, 0.5) is 10.5 Å². The smallest absolute Gasteiger partial charge is 0.410 e. The fourth-order valence-corrected chi connectivity index (χ4v) is 7.56. The monoisotopic (exact) mass is 652 g/mol. The molecule has 0 bridgehead atoms. The van der Waals surface area contributed by atoms with Crippen molar-refractivity contribution >= 4 is 29.3 Å². The number of benzene rings is 2. The van der Waals surface area contributed by atoms with Crippen molar-refractivity contribution in [2.45, 2.75) is 76.6 Å². The highest BCUT2D eigenvalue weighted by Gasteiger charge is 2.41. The number of nitrogens with zero attached hydrogens (tertiary/aromatic N) is 5. The number of carbonyl (C=O) groups is 2. The van der Waals surface area contributed by atoms with E-state index >= 15 is 0 Å². The number of aromatic nitrogens is 3. The summed E-state index contributed by atoms with van der Waals surface area (Å²) in [5.74, 6) is 0.685. The van der Waals surface area contributed by atoms with Crippen molar-refractivity contribution in [1.29, 1.82) is 0 Å². The van der Waals surface area contributed by atoms with E-state index in [0.717, 1.165) is 61.2 Å². The molecule has 2 atom stereocenters. The van der Waals surface area contributed by atoms with Crippen LogP contribution in [-0.2, 0) is 28.9 Å². The highest BCUT2D eigenvalue weighted by Crippen LogP contribution is 2.38. The highest BCUT2D eigenvalue weighted by atomic mass is 35.5. The van der Waals surface area contributed by atoms with Gasteiger partial charge < -0.3 is 14.6 Å². The number of anilines is 1. The minimum absolute atomic E-state index is 0.101. The Morgan fingerprint density at radius 1 is 0.957 bits per heavy atom. The number of ether oxygens (including phenoxy) is 1. The van der Waals surface area contributed by atoms with Crippen molar-refractivity contribution in [3.8, 4) is 0 Å². The van der Waals surface area contributed by atoms with Gasteiger partial charge in [-0.3, -0.25) is 19.6 Å². The van der Waals surface area contributed by atoms with Crippen LogP contribution < -0.4 is 5.32 Å². The van der Waals surface area contributed by atoms with Gasteiger partial charge >= 0.3 is 6.09 Å². The van der Waals surface area contributed by atoms with Crippen LogP contribution in [-0.4, -0.2) is 68.1 Å². The normalized spacial score (nSPS) is 20.2. The number of fused-ring (bicyclic) bond motifs is 2. The molecule has 0 spiro atoms. The maximum absolute atomic E-state index is 14.3. The first-order valence-electron chi connectivity index (χ1n) is 16.7. The number of aryl methyl sites for hydroxylation is 3. The number of piperazine rings is 1. The first-order chi connectivity index (χ1) is 22.9. The Morgan fingerprint density at radius 2 is 1.81 bits per heavy atom. The average Bonchev–Trinajstić information content (AvgIpc) is 3.41. The zero-order chi connectivity index (χ0) is 32.3. The third-order valence-corrected chi connectivity index (χ3v) is 10.1. The van der Waals surface area contributed by atoms with Gasteiger partial charge in [-0.25, -0.2) is 9.78 Å². The summed E-state index contributed by atoms with van der Waals surface area (Å²) in [7, 11) is 0. The number of carbonyl (C=O) groups excluding carboxylic acids is 2. The molecule has 47 heavy (non-hydrogen) atoms. The quantitative estimate of drug-likeness (QED) is 0.253. The Balaban J connectivity index is 1.18. The molecule has 4 aromatic rings. The van der Waals surface area contributed by atoms with Gasteiger partial charge in [-0.05, 0) is 98.0 Å². The molecule has 3 heterocycles. The van der Waals surface area contributed by atoms with Gasteiger partial charge in [0.1, 0.15) is 18.0 Å². The van der Waals surface area contributed by atoms with Crippen LogP contribution >= 0.6 is 11.6 Å². The standard InChI is InChI=1S/C37H41ClN6O3/c1-25-39-17-18-42(25)23-26-7-5-9-30(21-26)41-36(45)33-24-43(19-20-44(33)37(46)47-31-10-3-2-4-11-31)35-32-15-14-29(38)22-28(32)13-12-27-8-6-16-40-34(27)35/h5-9,14-18,21-22,31,33,35H,2-4,10-13,19-20,23-24H2,1H3,(H,41,45)/t33-,35-/m1/s1. The lowest BCUT2D eigenvalue weighted by molar-refractivity contribution is -0.123. The SMILES string of the molecule is Cc1nccn1Cc1cccc(NC(=O)[C@H]2CN([C@@H]3c4ccc(Cl)cc4CCc4cccnc43)CCN2C(=O)OC2CCCCC2)c1. The average molecular weight is 653 g/mol. The van der Waals surface area contributed by atoms with E-state index in [0.29, 0.717) is 36.9 Å². The van der Waals surface area contributed by atoms with E-state index in [1.807, 2.05) is 55.7 Å². The summed E-state index contributed by atoms with van der Waals surface area (Å²) in [5, 5.41) is 3.85. The van der Waals surface area contributed by atoms with E-state index in [-0.39, 0.29) is 18.1 Å². The molecule has 1 aliphatic heterocycles. The molecule has 3 aliphatic rings. The van der Waals surface area contributed by atoms with E-state index in [2.05, 4.69) is 38.0 Å². The van der Waals surface area contributed by atoms with Crippen molar-refractivity contribution in [3.63, 3.8) is 0 Å². The van der Waals surface area contributed by atoms with E-state index in [9.17, 15) is 9.59 Å². The molecule has 9 nitrogen and oxygen atoms in total. The van der Waals surface area contributed by atoms with Crippen molar-refractivity contribution in [3.05, 3.63) is 112 Å². The van der Waals surface area contributed by atoms with E-state index < -0.39 is 12.1 Å². The first-order valence-corrected chi connectivity index (χ1v) is 17.1. The fraction of sp³-hybridized carbons (Fsp3) is 0.405. The predicted molar refractivity (Wildman–Crippen MR) is 181 cm³/mol. The van der Waals surface area contributed by atoms with Crippen molar-refractivity contribution in [2.24, 2.45) is 0 Å². The molecule has 10 heteroatoms. The Kier molecular flexibility index (Phi) is 9.27. The predicted octanol–water partition coefficient (Wildman–Crippen LogP) is 6.57. The summed E-state index contributed by atoms with van der Waals surface area (Å²) in [5.41, 5.74) is 6.24. The highest BCUT2D eigenvalue weighted by molar-refractivity contribution is 6.30. The molecular weight excluding hydrogens is 612 g/mol. The Labute approximate surface area is 280 Å². The summed E-state index contributed by atoms with van der Waals surface area (Å²) in [6, 6.07) is 17.1. The molecule has 2 aromatic carbocycles. The van der Waals surface area contributed by atoms with Gasteiger partial charge in [0.05, 0.1) is 11.7 Å². The van der Waals surface area contributed by atoms with Gasteiger partial charge in [-0.15, -0.1) is 0 Å². The van der Waals surface area contributed by atoms with Crippen LogP contribution in [0.3, 0.4) is 0 Å². The summed E-state index contributed by atoms with van der Waals surface area (Å²) in [6.07, 6.45) is 11.8. The van der Waals surface area contributed by atoms with Gasteiger partial charge in [-0.1, -0.05) is 42.3 Å². The minimum Gasteiger partial charge on any atom is -0.446 e. The van der Waals surface area contributed by atoms with Crippen LogP contribution in [0.1, 0.15) is 71.9 Å². The molecule has 244 valence electrons. The number of pyridine rings is 1. The van der Waals surface area contributed by atoms with Gasteiger partial charge in [0.25, 0.3) is 0 Å². The maximum Gasteiger partial charge on any atom is 0.410 e. The molecule has 2 fully saturated rings. The Morgan fingerprint density at radius 3 is 2.64 bits per heavy atom. The third-order valence-electron chi connectivity index (χ3n) is 9.85. The number of rotatable bonds is 6. The summed E-state index contributed by atoms with van der Waals surface area (Å²) < 4.78 is 8.09. The molecule has 1 saturated heterocycles. The first kappa shape index (κ1) is 31.4. The number of hydrogen-bond donors (Lipinski definition) is 1. The Hall–Kier alpha value is -4.21. The van der Waals surface area contributed by atoms with Crippen LogP contribution in [0.5, 0.6) is 0 Å². The molecule has 0 unspecified atom stereocenters. The minimum atomic E-state index is -0.759. The third kappa shape index (κ3) is 6.92. The molecule has 7 rings (SSSR count). The lowest BCUT2D eigenvalue weighted by atomic mass is 9.95.